The van der Waals surface area contributed by atoms with Gasteiger partial charge in [-0.2, -0.15) is 5.10 Å². The summed E-state index contributed by atoms with van der Waals surface area (Å²) in [5, 5.41) is 10.5. The van der Waals surface area contributed by atoms with E-state index in [9.17, 15) is 9.59 Å². The summed E-state index contributed by atoms with van der Waals surface area (Å²) < 4.78 is 1.57. The Balaban J connectivity index is 1.54. The molecule has 3 aromatic heterocycles. The summed E-state index contributed by atoms with van der Waals surface area (Å²) >= 11 is 1.53. The Kier molecular flexibility index (Phi) is 3.77. The van der Waals surface area contributed by atoms with Crippen LogP contribution in [-0.4, -0.2) is 25.5 Å². The molecular formula is C20H13N5O2S. The van der Waals surface area contributed by atoms with Crippen LogP contribution in [0.2, 0.25) is 0 Å². The highest BCUT2D eigenvalue weighted by Crippen LogP contribution is 2.25. The molecule has 0 saturated heterocycles. The Morgan fingerprint density at radius 2 is 2.04 bits per heavy atom. The van der Waals surface area contributed by atoms with E-state index in [-0.39, 0.29) is 11.5 Å². The molecule has 7 nitrogen and oxygen atoms in total. The van der Waals surface area contributed by atoms with Gasteiger partial charge < -0.3 is 10.3 Å². The van der Waals surface area contributed by atoms with E-state index in [2.05, 4.69) is 20.4 Å². The fraction of sp³-hybridized carbons (Fsp3) is 0. The zero-order chi connectivity index (χ0) is 19.1. The van der Waals surface area contributed by atoms with Crippen molar-refractivity contribution in [2.75, 3.05) is 5.32 Å². The van der Waals surface area contributed by atoms with E-state index in [1.807, 2.05) is 29.6 Å². The van der Waals surface area contributed by atoms with E-state index in [0.29, 0.717) is 27.8 Å². The average molecular weight is 387 g/mol. The highest BCUT2D eigenvalue weighted by molar-refractivity contribution is 7.13. The number of hydrogen-bond donors (Lipinski definition) is 2. The first-order valence-corrected chi connectivity index (χ1v) is 9.39. The average Bonchev–Trinajstić information content (AvgIpc) is 3.39. The number of hydrogen-bond acceptors (Lipinski definition) is 5. The van der Waals surface area contributed by atoms with E-state index in [4.69, 9.17) is 0 Å². The number of aromatic nitrogens is 4. The maximum Gasteiger partial charge on any atom is 0.261 e. The van der Waals surface area contributed by atoms with E-state index in [1.54, 1.807) is 35.0 Å². The number of carbonyl (C=O) groups excluding carboxylic acids is 1. The second-order valence-electron chi connectivity index (χ2n) is 6.16. The van der Waals surface area contributed by atoms with Gasteiger partial charge in [-0.05, 0) is 24.3 Å². The zero-order valence-corrected chi connectivity index (χ0v) is 15.2. The molecule has 0 radical (unpaired) electrons. The number of benzene rings is 2. The maximum atomic E-state index is 12.8. The molecule has 1 amide bonds. The minimum absolute atomic E-state index is 0.261. The maximum absolute atomic E-state index is 12.8. The quantitative estimate of drug-likeness (QED) is 0.495. The van der Waals surface area contributed by atoms with Crippen LogP contribution >= 0.6 is 11.3 Å². The summed E-state index contributed by atoms with van der Waals surface area (Å²) in [7, 11) is 0. The van der Waals surface area contributed by atoms with Crippen LogP contribution in [0.1, 0.15) is 10.4 Å². The third-order valence-corrected chi connectivity index (χ3v) is 5.24. The van der Waals surface area contributed by atoms with Crippen molar-refractivity contribution in [1.82, 2.24) is 19.6 Å². The van der Waals surface area contributed by atoms with Gasteiger partial charge in [0.1, 0.15) is 16.2 Å². The Morgan fingerprint density at radius 3 is 2.89 bits per heavy atom. The summed E-state index contributed by atoms with van der Waals surface area (Å²) in [5.74, 6) is -0.350. The standard InChI is InChI=1S/C20H13N5O2S/c26-18-14-6-1-2-7-16(14)25-17(24-18)15(11-22-25)19(27)23-13-5-3-4-12(10-13)20-21-8-9-28-20/h1-11H,(H,23,27)(H,24,26). The molecule has 0 unspecified atom stereocenters. The highest BCUT2D eigenvalue weighted by Gasteiger charge is 2.16. The van der Waals surface area contributed by atoms with Crippen LogP contribution in [0.5, 0.6) is 0 Å². The molecule has 0 aliphatic rings. The number of thiazole rings is 1. The van der Waals surface area contributed by atoms with Gasteiger partial charge in [0.05, 0.1) is 17.1 Å². The van der Waals surface area contributed by atoms with Crippen LogP contribution in [0, 0.1) is 0 Å². The molecular weight excluding hydrogens is 374 g/mol. The summed E-state index contributed by atoms with van der Waals surface area (Å²) in [6.45, 7) is 0. The van der Waals surface area contributed by atoms with Gasteiger partial charge in [0.2, 0.25) is 0 Å². The molecule has 5 rings (SSSR count). The van der Waals surface area contributed by atoms with E-state index >= 15 is 0 Å². The molecule has 0 bridgehead atoms. The first-order chi connectivity index (χ1) is 13.7. The number of amides is 1. The Labute approximate surface area is 162 Å². The van der Waals surface area contributed by atoms with Gasteiger partial charge in [0, 0.05) is 22.8 Å². The molecule has 2 N–H and O–H groups in total. The SMILES string of the molecule is O=C(Nc1cccc(-c2nccs2)c1)c1cnn2c1[nH]c(=O)c1ccccc12. The van der Waals surface area contributed by atoms with Crippen LogP contribution in [0.4, 0.5) is 5.69 Å². The first kappa shape index (κ1) is 16.4. The molecule has 0 aliphatic heterocycles. The van der Waals surface area contributed by atoms with Gasteiger partial charge >= 0.3 is 0 Å². The number of fused-ring (bicyclic) bond motifs is 3. The smallest absolute Gasteiger partial charge is 0.261 e. The van der Waals surface area contributed by atoms with E-state index < -0.39 is 0 Å². The number of rotatable bonds is 3. The Morgan fingerprint density at radius 1 is 1.14 bits per heavy atom. The predicted octanol–water partition coefficient (Wildman–Crippen LogP) is 3.55. The molecule has 2 aromatic carbocycles. The first-order valence-electron chi connectivity index (χ1n) is 8.51. The fourth-order valence-corrected chi connectivity index (χ4v) is 3.77. The summed E-state index contributed by atoms with van der Waals surface area (Å²) in [6, 6.07) is 14.6. The van der Waals surface area contributed by atoms with Crippen molar-refractivity contribution in [3.8, 4) is 10.6 Å². The minimum atomic E-state index is -0.350. The van der Waals surface area contributed by atoms with Crippen molar-refractivity contribution in [1.29, 1.82) is 0 Å². The largest absolute Gasteiger partial charge is 0.322 e. The van der Waals surface area contributed by atoms with Crippen molar-refractivity contribution in [3.05, 3.63) is 82.2 Å². The third-order valence-electron chi connectivity index (χ3n) is 4.42. The molecule has 136 valence electrons. The van der Waals surface area contributed by atoms with Crippen LogP contribution in [0.15, 0.2) is 71.1 Å². The number of anilines is 1. The van der Waals surface area contributed by atoms with E-state index in [0.717, 1.165) is 10.6 Å². The number of carbonyl (C=O) groups is 1. The van der Waals surface area contributed by atoms with E-state index in [1.165, 1.54) is 17.5 Å². The number of nitrogens with one attached hydrogen (secondary N) is 2. The lowest BCUT2D eigenvalue weighted by Crippen LogP contribution is -2.15. The summed E-state index contributed by atoms with van der Waals surface area (Å²) in [4.78, 5) is 32.2. The van der Waals surface area contributed by atoms with Crippen LogP contribution < -0.4 is 10.9 Å². The Bertz CT molecular complexity index is 1390. The third kappa shape index (κ3) is 2.67. The molecule has 28 heavy (non-hydrogen) atoms. The summed E-state index contributed by atoms with van der Waals surface area (Å²) in [6.07, 6.45) is 3.20. The number of aromatic amines is 1. The lowest BCUT2D eigenvalue weighted by atomic mass is 10.2. The topological polar surface area (TPSA) is 92.2 Å². The predicted molar refractivity (Wildman–Crippen MR) is 109 cm³/mol. The van der Waals surface area contributed by atoms with Crippen molar-refractivity contribution in [3.63, 3.8) is 0 Å². The molecule has 0 aliphatic carbocycles. The zero-order valence-electron chi connectivity index (χ0n) is 14.4. The second-order valence-corrected chi connectivity index (χ2v) is 7.06. The van der Waals surface area contributed by atoms with Gasteiger partial charge in [0.25, 0.3) is 11.5 Å². The fourth-order valence-electron chi connectivity index (χ4n) is 3.14. The molecule has 8 heteroatoms. The van der Waals surface area contributed by atoms with Crippen molar-refractivity contribution < 1.29 is 4.79 Å². The van der Waals surface area contributed by atoms with Crippen LogP contribution in [-0.2, 0) is 0 Å². The van der Waals surface area contributed by atoms with Crippen LogP contribution in [0.3, 0.4) is 0 Å². The normalized spacial score (nSPS) is 11.1. The van der Waals surface area contributed by atoms with Crippen molar-refractivity contribution >= 4 is 39.5 Å². The monoisotopic (exact) mass is 387 g/mol. The van der Waals surface area contributed by atoms with Gasteiger partial charge in [0.15, 0.2) is 0 Å². The molecule has 0 saturated carbocycles. The van der Waals surface area contributed by atoms with Gasteiger partial charge in [-0.3, -0.25) is 9.59 Å². The number of nitrogens with zero attached hydrogens (tertiary/aromatic N) is 3. The van der Waals surface area contributed by atoms with Crippen molar-refractivity contribution in [2.24, 2.45) is 0 Å². The number of H-pyrrole nitrogens is 1. The van der Waals surface area contributed by atoms with Crippen LogP contribution in [0.25, 0.3) is 27.1 Å². The second kappa shape index (κ2) is 6.43. The van der Waals surface area contributed by atoms with Gasteiger partial charge in [-0.1, -0.05) is 24.3 Å². The molecule has 5 aromatic rings. The Hall–Kier alpha value is -3.78. The summed E-state index contributed by atoms with van der Waals surface area (Å²) in [5.41, 5.74) is 2.60. The minimum Gasteiger partial charge on any atom is -0.322 e. The lowest BCUT2D eigenvalue weighted by Gasteiger charge is -2.06. The molecule has 3 heterocycles. The van der Waals surface area contributed by atoms with Gasteiger partial charge in [-0.25, -0.2) is 9.50 Å². The van der Waals surface area contributed by atoms with Crippen molar-refractivity contribution in [2.45, 2.75) is 0 Å². The lowest BCUT2D eigenvalue weighted by molar-refractivity contribution is 0.102. The molecule has 0 spiro atoms. The molecule has 0 atom stereocenters. The number of para-hydroxylation sites is 1. The molecule has 0 fully saturated rings. The highest BCUT2D eigenvalue weighted by atomic mass is 32.1. The van der Waals surface area contributed by atoms with Gasteiger partial charge in [-0.15, -0.1) is 11.3 Å².